The van der Waals surface area contributed by atoms with Crippen molar-refractivity contribution in [1.29, 1.82) is 0 Å². The van der Waals surface area contributed by atoms with Crippen LogP contribution in [0.1, 0.15) is 32.6 Å². The van der Waals surface area contributed by atoms with Gasteiger partial charge in [0, 0.05) is 38.5 Å². The predicted octanol–water partition coefficient (Wildman–Crippen LogP) is 2.80. The summed E-state index contributed by atoms with van der Waals surface area (Å²) < 4.78 is 0. The van der Waals surface area contributed by atoms with E-state index in [-0.39, 0.29) is 5.91 Å². The number of para-hydroxylation sites is 1. The summed E-state index contributed by atoms with van der Waals surface area (Å²) in [7, 11) is 1.89. The molecule has 1 aromatic heterocycles. The predicted molar refractivity (Wildman–Crippen MR) is 102 cm³/mol. The standard InChI is InChI=1S/C19H27N5O/c1-3-7-17(25)21-12-14-8-6-11-24(13-14)19-22-16-10-5-4-9-15(16)18(20-2)23-19/h4-5,9-10,14H,3,6-8,11-13H2,1-2H3,(H,21,25)(H,20,22,23). The van der Waals surface area contributed by atoms with Gasteiger partial charge in [0.15, 0.2) is 0 Å². The van der Waals surface area contributed by atoms with Gasteiger partial charge < -0.3 is 15.5 Å². The van der Waals surface area contributed by atoms with Crippen molar-refractivity contribution >= 4 is 28.6 Å². The number of anilines is 2. The Morgan fingerprint density at radius 3 is 2.96 bits per heavy atom. The fourth-order valence-corrected chi connectivity index (χ4v) is 3.38. The normalized spacial score (nSPS) is 17.5. The molecular weight excluding hydrogens is 314 g/mol. The van der Waals surface area contributed by atoms with Gasteiger partial charge in [0.25, 0.3) is 0 Å². The van der Waals surface area contributed by atoms with E-state index in [2.05, 4.69) is 15.5 Å². The summed E-state index contributed by atoms with van der Waals surface area (Å²) in [5, 5.41) is 7.27. The molecule has 25 heavy (non-hydrogen) atoms. The summed E-state index contributed by atoms with van der Waals surface area (Å²) in [6, 6.07) is 8.06. The molecule has 1 fully saturated rings. The van der Waals surface area contributed by atoms with E-state index in [9.17, 15) is 4.79 Å². The molecule has 2 heterocycles. The van der Waals surface area contributed by atoms with E-state index in [1.165, 1.54) is 0 Å². The van der Waals surface area contributed by atoms with Crippen LogP contribution in [-0.4, -0.2) is 42.6 Å². The Kier molecular flexibility index (Phi) is 5.68. The number of fused-ring (bicyclic) bond motifs is 1. The van der Waals surface area contributed by atoms with Gasteiger partial charge in [-0.3, -0.25) is 4.79 Å². The molecule has 6 nitrogen and oxygen atoms in total. The van der Waals surface area contributed by atoms with Crippen molar-refractivity contribution in [2.24, 2.45) is 5.92 Å². The van der Waals surface area contributed by atoms with Crippen LogP contribution >= 0.6 is 0 Å². The van der Waals surface area contributed by atoms with Crippen molar-refractivity contribution in [3.05, 3.63) is 24.3 Å². The highest BCUT2D eigenvalue weighted by Crippen LogP contribution is 2.26. The number of piperidine rings is 1. The van der Waals surface area contributed by atoms with E-state index in [0.29, 0.717) is 12.3 Å². The second-order valence-electron chi connectivity index (χ2n) is 6.65. The summed E-state index contributed by atoms with van der Waals surface area (Å²) in [5.41, 5.74) is 0.954. The summed E-state index contributed by atoms with van der Waals surface area (Å²) >= 11 is 0. The Balaban J connectivity index is 1.73. The van der Waals surface area contributed by atoms with E-state index in [1.54, 1.807) is 0 Å². The van der Waals surface area contributed by atoms with Crippen LogP contribution in [0.3, 0.4) is 0 Å². The van der Waals surface area contributed by atoms with Crippen LogP contribution in [0.2, 0.25) is 0 Å². The lowest BCUT2D eigenvalue weighted by atomic mass is 9.98. The molecule has 0 saturated carbocycles. The molecule has 134 valence electrons. The van der Waals surface area contributed by atoms with Crippen LogP contribution in [0.15, 0.2) is 24.3 Å². The van der Waals surface area contributed by atoms with Crippen molar-refractivity contribution in [1.82, 2.24) is 15.3 Å². The molecule has 6 heteroatoms. The number of aromatic nitrogens is 2. The van der Waals surface area contributed by atoms with Crippen LogP contribution in [0.25, 0.3) is 10.9 Å². The number of nitrogens with one attached hydrogen (secondary N) is 2. The highest BCUT2D eigenvalue weighted by atomic mass is 16.1. The molecule has 1 aromatic carbocycles. The Labute approximate surface area is 149 Å². The van der Waals surface area contributed by atoms with Crippen molar-refractivity contribution in [3.63, 3.8) is 0 Å². The van der Waals surface area contributed by atoms with Crippen LogP contribution in [0.5, 0.6) is 0 Å². The summed E-state index contributed by atoms with van der Waals surface area (Å²) in [6.45, 7) is 4.61. The molecule has 0 radical (unpaired) electrons. The number of nitrogens with zero attached hydrogens (tertiary/aromatic N) is 3. The molecule has 2 N–H and O–H groups in total. The first kappa shape index (κ1) is 17.5. The number of benzene rings is 1. The van der Waals surface area contributed by atoms with E-state index in [0.717, 1.165) is 61.6 Å². The average Bonchev–Trinajstić information content (AvgIpc) is 2.66. The number of rotatable bonds is 6. The fraction of sp³-hybridized carbons (Fsp3) is 0.526. The Hall–Kier alpha value is -2.37. The number of hydrogen-bond donors (Lipinski definition) is 2. The first-order chi connectivity index (χ1) is 12.2. The maximum atomic E-state index is 11.7. The third kappa shape index (κ3) is 4.18. The van der Waals surface area contributed by atoms with Crippen LogP contribution in [0, 0.1) is 5.92 Å². The minimum atomic E-state index is 0.152. The molecule has 0 aliphatic carbocycles. The fourth-order valence-electron chi connectivity index (χ4n) is 3.38. The molecule has 0 bridgehead atoms. The van der Waals surface area contributed by atoms with Gasteiger partial charge in [0.05, 0.1) is 5.52 Å². The lowest BCUT2D eigenvalue weighted by Gasteiger charge is -2.33. The first-order valence-corrected chi connectivity index (χ1v) is 9.17. The number of amides is 1. The first-order valence-electron chi connectivity index (χ1n) is 9.17. The van der Waals surface area contributed by atoms with Gasteiger partial charge in [-0.25, -0.2) is 4.98 Å². The van der Waals surface area contributed by atoms with E-state index in [1.807, 2.05) is 38.2 Å². The number of hydrogen-bond acceptors (Lipinski definition) is 5. The molecule has 0 spiro atoms. The van der Waals surface area contributed by atoms with Gasteiger partial charge >= 0.3 is 0 Å². The zero-order valence-corrected chi connectivity index (χ0v) is 15.1. The summed E-state index contributed by atoms with van der Waals surface area (Å²) in [4.78, 5) is 23.4. The van der Waals surface area contributed by atoms with Crippen LogP contribution < -0.4 is 15.5 Å². The average molecular weight is 341 g/mol. The SMILES string of the molecule is CCCC(=O)NCC1CCCN(c2nc(NC)c3ccccc3n2)C1. The van der Waals surface area contributed by atoms with Crippen molar-refractivity contribution in [2.45, 2.75) is 32.6 Å². The van der Waals surface area contributed by atoms with Crippen molar-refractivity contribution in [3.8, 4) is 0 Å². The lowest BCUT2D eigenvalue weighted by molar-refractivity contribution is -0.121. The molecule has 2 aromatic rings. The van der Waals surface area contributed by atoms with Gasteiger partial charge in [-0.15, -0.1) is 0 Å². The summed E-state index contributed by atoms with van der Waals surface area (Å²) in [6.07, 6.45) is 3.73. The van der Waals surface area contributed by atoms with E-state index in [4.69, 9.17) is 9.97 Å². The van der Waals surface area contributed by atoms with Gasteiger partial charge in [0.1, 0.15) is 5.82 Å². The zero-order valence-electron chi connectivity index (χ0n) is 15.1. The van der Waals surface area contributed by atoms with Crippen LogP contribution in [0.4, 0.5) is 11.8 Å². The molecule has 1 atom stereocenters. The van der Waals surface area contributed by atoms with Gasteiger partial charge in [0.2, 0.25) is 11.9 Å². The molecule has 3 rings (SSSR count). The number of carbonyl (C=O) groups excluding carboxylic acids is 1. The molecule has 1 saturated heterocycles. The second-order valence-corrected chi connectivity index (χ2v) is 6.65. The van der Waals surface area contributed by atoms with Crippen LogP contribution in [-0.2, 0) is 4.79 Å². The maximum Gasteiger partial charge on any atom is 0.227 e. The van der Waals surface area contributed by atoms with Crippen molar-refractivity contribution < 1.29 is 4.79 Å². The minimum Gasteiger partial charge on any atom is -0.372 e. The van der Waals surface area contributed by atoms with Gasteiger partial charge in [-0.05, 0) is 37.3 Å². The molecular formula is C19H27N5O. The van der Waals surface area contributed by atoms with E-state index >= 15 is 0 Å². The zero-order chi connectivity index (χ0) is 17.6. The molecule has 1 aliphatic heterocycles. The van der Waals surface area contributed by atoms with Crippen molar-refractivity contribution in [2.75, 3.05) is 36.9 Å². The highest BCUT2D eigenvalue weighted by molar-refractivity contribution is 5.90. The minimum absolute atomic E-state index is 0.152. The Morgan fingerprint density at radius 1 is 1.32 bits per heavy atom. The Bertz CT molecular complexity index is 733. The van der Waals surface area contributed by atoms with E-state index < -0.39 is 0 Å². The van der Waals surface area contributed by atoms with Gasteiger partial charge in [-0.1, -0.05) is 19.1 Å². The molecule has 1 unspecified atom stereocenters. The quantitative estimate of drug-likeness (QED) is 0.845. The van der Waals surface area contributed by atoms with Gasteiger partial charge in [-0.2, -0.15) is 4.98 Å². The second kappa shape index (κ2) is 8.14. The maximum absolute atomic E-state index is 11.7. The smallest absolute Gasteiger partial charge is 0.227 e. The molecule has 1 aliphatic rings. The third-order valence-corrected chi connectivity index (χ3v) is 4.70. The summed E-state index contributed by atoms with van der Waals surface area (Å²) in [5.74, 6) is 2.23. The highest BCUT2D eigenvalue weighted by Gasteiger charge is 2.23. The number of carbonyl (C=O) groups is 1. The monoisotopic (exact) mass is 341 g/mol. The molecule has 1 amide bonds. The lowest BCUT2D eigenvalue weighted by Crippen LogP contribution is -2.41. The largest absolute Gasteiger partial charge is 0.372 e. The topological polar surface area (TPSA) is 70.2 Å². The Morgan fingerprint density at radius 2 is 2.16 bits per heavy atom. The third-order valence-electron chi connectivity index (χ3n) is 4.70.